The summed E-state index contributed by atoms with van der Waals surface area (Å²) in [6.07, 6.45) is 0. The molecule has 0 bridgehead atoms. The fourth-order valence-electron chi connectivity index (χ4n) is 2.27. The predicted molar refractivity (Wildman–Crippen MR) is 57.9 cm³/mol. The molecule has 2 rings (SSSR count). The van der Waals surface area contributed by atoms with E-state index in [0.717, 1.165) is 11.1 Å². The van der Waals surface area contributed by atoms with Crippen LogP contribution in [0.5, 0.6) is 0 Å². The standard InChI is InChI=1S/C12H14FNO2/c1-7-2-8(4-9(13)3-7)10-5-14-6-11(10)12(15)16/h2-4,10-11,14H,5-6H2,1H3,(H,15,16)/t10-,11+/m0/s1. The molecular weight excluding hydrogens is 209 g/mol. The molecule has 0 aromatic heterocycles. The van der Waals surface area contributed by atoms with Crippen molar-refractivity contribution in [2.75, 3.05) is 13.1 Å². The minimum atomic E-state index is -0.822. The summed E-state index contributed by atoms with van der Waals surface area (Å²) >= 11 is 0. The van der Waals surface area contributed by atoms with Crippen molar-refractivity contribution >= 4 is 5.97 Å². The molecule has 0 aliphatic carbocycles. The van der Waals surface area contributed by atoms with Crippen molar-refractivity contribution in [1.29, 1.82) is 0 Å². The lowest BCUT2D eigenvalue weighted by molar-refractivity contribution is -0.141. The largest absolute Gasteiger partial charge is 0.481 e. The molecule has 1 heterocycles. The van der Waals surface area contributed by atoms with E-state index in [2.05, 4.69) is 5.32 Å². The summed E-state index contributed by atoms with van der Waals surface area (Å²) in [5, 5.41) is 12.1. The van der Waals surface area contributed by atoms with Crippen molar-refractivity contribution < 1.29 is 14.3 Å². The van der Waals surface area contributed by atoms with Gasteiger partial charge in [-0.2, -0.15) is 0 Å². The summed E-state index contributed by atoms with van der Waals surface area (Å²) in [5.74, 6) is -1.71. The second-order valence-corrected chi connectivity index (χ2v) is 4.27. The van der Waals surface area contributed by atoms with Crippen molar-refractivity contribution in [3.05, 3.63) is 35.1 Å². The van der Waals surface area contributed by atoms with Crippen molar-refractivity contribution in [3.8, 4) is 0 Å². The van der Waals surface area contributed by atoms with Crippen LogP contribution in [0.2, 0.25) is 0 Å². The van der Waals surface area contributed by atoms with Gasteiger partial charge in [0.25, 0.3) is 0 Å². The highest BCUT2D eigenvalue weighted by molar-refractivity contribution is 5.72. The van der Waals surface area contributed by atoms with Gasteiger partial charge >= 0.3 is 5.97 Å². The zero-order chi connectivity index (χ0) is 11.7. The Bertz CT molecular complexity index is 399. The SMILES string of the molecule is Cc1cc(F)cc([C@@H]2CNC[C@H]2C(=O)O)c1. The van der Waals surface area contributed by atoms with Crippen LogP contribution in [0.25, 0.3) is 0 Å². The third kappa shape index (κ3) is 2.07. The molecule has 1 aliphatic heterocycles. The zero-order valence-electron chi connectivity index (χ0n) is 9.03. The molecule has 1 saturated heterocycles. The van der Waals surface area contributed by atoms with Gasteiger partial charge in [0.2, 0.25) is 0 Å². The number of benzene rings is 1. The van der Waals surface area contributed by atoms with Crippen molar-refractivity contribution in [3.63, 3.8) is 0 Å². The lowest BCUT2D eigenvalue weighted by atomic mass is 9.88. The van der Waals surface area contributed by atoms with E-state index < -0.39 is 11.9 Å². The topological polar surface area (TPSA) is 49.3 Å². The van der Waals surface area contributed by atoms with Crippen LogP contribution in [-0.2, 0) is 4.79 Å². The Hall–Kier alpha value is -1.42. The molecule has 2 N–H and O–H groups in total. The molecule has 16 heavy (non-hydrogen) atoms. The highest BCUT2D eigenvalue weighted by Crippen LogP contribution is 2.29. The quantitative estimate of drug-likeness (QED) is 0.799. The third-order valence-corrected chi connectivity index (χ3v) is 3.02. The lowest BCUT2D eigenvalue weighted by Gasteiger charge is -2.15. The van der Waals surface area contributed by atoms with Crippen LogP contribution < -0.4 is 5.32 Å². The normalized spacial score (nSPS) is 24.6. The number of carbonyl (C=O) groups is 1. The summed E-state index contributed by atoms with van der Waals surface area (Å²) in [6, 6.07) is 4.74. The average molecular weight is 223 g/mol. The molecule has 2 atom stereocenters. The van der Waals surface area contributed by atoms with Gasteiger partial charge < -0.3 is 10.4 Å². The maximum atomic E-state index is 13.2. The molecule has 3 nitrogen and oxygen atoms in total. The maximum Gasteiger partial charge on any atom is 0.308 e. The van der Waals surface area contributed by atoms with Crippen LogP contribution in [0.3, 0.4) is 0 Å². The van der Waals surface area contributed by atoms with Crippen LogP contribution in [0, 0.1) is 18.7 Å². The number of carboxylic acid groups (broad SMARTS) is 1. The monoisotopic (exact) mass is 223 g/mol. The minimum Gasteiger partial charge on any atom is -0.481 e. The van der Waals surface area contributed by atoms with Gasteiger partial charge in [0.1, 0.15) is 5.82 Å². The van der Waals surface area contributed by atoms with Crippen molar-refractivity contribution in [2.45, 2.75) is 12.8 Å². The number of carboxylic acids is 1. The molecule has 1 aliphatic rings. The van der Waals surface area contributed by atoms with Crippen LogP contribution in [0.15, 0.2) is 18.2 Å². The molecular formula is C12H14FNO2. The van der Waals surface area contributed by atoms with E-state index in [-0.39, 0.29) is 11.7 Å². The number of hydrogen-bond acceptors (Lipinski definition) is 2. The Morgan fingerprint density at radius 3 is 2.81 bits per heavy atom. The van der Waals surface area contributed by atoms with Gasteiger partial charge in [-0.25, -0.2) is 4.39 Å². The number of hydrogen-bond donors (Lipinski definition) is 2. The fraction of sp³-hybridized carbons (Fsp3) is 0.417. The predicted octanol–water partition coefficient (Wildman–Crippen LogP) is 1.52. The van der Waals surface area contributed by atoms with Crippen LogP contribution in [-0.4, -0.2) is 24.2 Å². The summed E-state index contributed by atoms with van der Waals surface area (Å²) in [6.45, 7) is 2.86. The number of aryl methyl sites for hydroxylation is 1. The molecule has 0 unspecified atom stereocenters. The minimum absolute atomic E-state index is 0.133. The van der Waals surface area contributed by atoms with E-state index in [1.54, 1.807) is 0 Å². The number of nitrogens with one attached hydrogen (secondary N) is 1. The first-order valence-electron chi connectivity index (χ1n) is 5.28. The molecule has 0 spiro atoms. The van der Waals surface area contributed by atoms with Gasteiger partial charge in [0.05, 0.1) is 5.92 Å². The summed E-state index contributed by atoms with van der Waals surface area (Å²) in [7, 11) is 0. The first kappa shape index (κ1) is 11.1. The zero-order valence-corrected chi connectivity index (χ0v) is 9.03. The van der Waals surface area contributed by atoms with Gasteiger partial charge in [-0.05, 0) is 30.2 Å². The number of halogens is 1. The highest BCUT2D eigenvalue weighted by atomic mass is 19.1. The Kier molecular flexibility index (Phi) is 2.92. The average Bonchev–Trinajstić information content (AvgIpc) is 2.63. The Balaban J connectivity index is 2.32. The lowest BCUT2D eigenvalue weighted by Crippen LogP contribution is -2.21. The summed E-state index contributed by atoms with van der Waals surface area (Å²) in [5.41, 5.74) is 1.60. The summed E-state index contributed by atoms with van der Waals surface area (Å²) in [4.78, 5) is 11.0. The number of aliphatic carboxylic acids is 1. The van der Waals surface area contributed by atoms with E-state index in [4.69, 9.17) is 5.11 Å². The smallest absolute Gasteiger partial charge is 0.308 e. The Morgan fingerprint density at radius 2 is 2.19 bits per heavy atom. The molecule has 0 saturated carbocycles. The third-order valence-electron chi connectivity index (χ3n) is 3.02. The second-order valence-electron chi connectivity index (χ2n) is 4.27. The van der Waals surface area contributed by atoms with E-state index in [1.807, 2.05) is 13.0 Å². The van der Waals surface area contributed by atoms with Gasteiger partial charge in [-0.3, -0.25) is 4.79 Å². The maximum absolute atomic E-state index is 13.2. The molecule has 0 amide bonds. The van der Waals surface area contributed by atoms with Crippen LogP contribution in [0.4, 0.5) is 4.39 Å². The van der Waals surface area contributed by atoms with E-state index in [0.29, 0.717) is 13.1 Å². The fourth-order valence-corrected chi connectivity index (χ4v) is 2.27. The van der Waals surface area contributed by atoms with Crippen molar-refractivity contribution in [2.24, 2.45) is 5.92 Å². The van der Waals surface area contributed by atoms with Crippen molar-refractivity contribution in [1.82, 2.24) is 5.32 Å². The van der Waals surface area contributed by atoms with Gasteiger partial charge in [-0.15, -0.1) is 0 Å². The Labute approximate surface area is 93.3 Å². The molecule has 1 aromatic rings. The molecule has 4 heteroatoms. The molecule has 86 valence electrons. The molecule has 1 aromatic carbocycles. The van der Waals surface area contributed by atoms with E-state index in [9.17, 15) is 9.18 Å². The highest BCUT2D eigenvalue weighted by Gasteiger charge is 2.34. The first-order chi connectivity index (χ1) is 7.58. The molecule has 1 fully saturated rings. The van der Waals surface area contributed by atoms with E-state index in [1.165, 1.54) is 12.1 Å². The van der Waals surface area contributed by atoms with Gasteiger partial charge in [0, 0.05) is 19.0 Å². The van der Waals surface area contributed by atoms with Crippen LogP contribution >= 0.6 is 0 Å². The van der Waals surface area contributed by atoms with Gasteiger partial charge in [0.15, 0.2) is 0 Å². The van der Waals surface area contributed by atoms with Gasteiger partial charge in [-0.1, -0.05) is 6.07 Å². The number of rotatable bonds is 2. The van der Waals surface area contributed by atoms with Crippen LogP contribution in [0.1, 0.15) is 17.0 Å². The first-order valence-corrected chi connectivity index (χ1v) is 5.28. The Morgan fingerprint density at radius 1 is 1.44 bits per heavy atom. The second kappa shape index (κ2) is 4.22. The van der Waals surface area contributed by atoms with E-state index >= 15 is 0 Å². The summed E-state index contributed by atoms with van der Waals surface area (Å²) < 4.78 is 13.2. The molecule has 0 radical (unpaired) electrons.